The summed E-state index contributed by atoms with van der Waals surface area (Å²) in [5.74, 6) is -3.54. The second kappa shape index (κ2) is 5.11. The van der Waals surface area contributed by atoms with Gasteiger partial charge in [0.2, 0.25) is 5.78 Å². The number of carbonyl (C=O) groups excluding carboxylic acids is 1. The molecule has 0 fully saturated rings. The fourth-order valence-corrected chi connectivity index (χ4v) is 1.34. The van der Waals surface area contributed by atoms with Gasteiger partial charge in [-0.05, 0) is 18.2 Å². The Bertz CT molecular complexity index is 468. The van der Waals surface area contributed by atoms with E-state index in [-0.39, 0.29) is 5.56 Å². The van der Waals surface area contributed by atoms with Crippen molar-refractivity contribution in [3.05, 3.63) is 29.6 Å². The van der Waals surface area contributed by atoms with Crippen molar-refractivity contribution in [2.24, 2.45) is 0 Å². The molecule has 0 aromatic heterocycles. The molecule has 0 unspecified atom stereocenters. The van der Waals surface area contributed by atoms with Gasteiger partial charge in [0.1, 0.15) is 0 Å². The van der Waals surface area contributed by atoms with Crippen LogP contribution in [-0.4, -0.2) is 15.9 Å². The minimum Gasteiger partial charge on any atom is -0.403 e. The van der Waals surface area contributed by atoms with Gasteiger partial charge >= 0.3 is 6.36 Å². The molecule has 100 valence electrons. The summed E-state index contributed by atoms with van der Waals surface area (Å²) < 4.78 is 49.8. The number of ketones is 1. The highest BCUT2D eigenvalue weighted by atomic mass is 35.6. The zero-order valence-electron chi connectivity index (χ0n) is 8.19. The van der Waals surface area contributed by atoms with Crippen LogP contribution in [0, 0.1) is 5.82 Å². The van der Waals surface area contributed by atoms with Gasteiger partial charge in [-0.3, -0.25) is 4.79 Å². The molecule has 0 aliphatic rings. The predicted molar refractivity (Wildman–Crippen MR) is 57.7 cm³/mol. The lowest BCUT2D eigenvalue weighted by atomic mass is 10.1. The lowest BCUT2D eigenvalue weighted by Gasteiger charge is -2.12. The van der Waals surface area contributed by atoms with Crippen molar-refractivity contribution in [2.45, 2.75) is 10.2 Å². The van der Waals surface area contributed by atoms with Gasteiger partial charge in [-0.25, -0.2) is 4.39 Å². The molecule has 2 nitrogen and oxygen atoms in total. The Morgan fingerprint density at radius 2 is 1.72 bits per heavy atom. The van der Waals surface area contributed by atoms with E-state index >= 15 is 0 Å². The number of halogens is 7. The highest BCUT2D eigenvalue weighted by Crippen LogP contribution is 2.32. The van der Waals surface area contributed by atoms with Crippen molar-refractivity contribution in [2.75, 3.05) is 0 Å². The lowest BCUT2D eigenvalue weighted by molar-refractivity contribution is -0.275. The van der Waals surface area contributed by atoms with E-state index in [4.69, 9.17) is 34.8 Å². The summed E-state index contributed by atoms with van der Waals surface area (Å²) in [6.07, 6.45) is -5.04. The van der Waals surface area contributed by atoms with Crippen molar-refractivity contribution in [1.29, 1.82) is 0 Å². The molecule has 0 heterocycles. The van der Waals surface area contributed by atoms with Gasteiger partial charge in [0, 0.05) is 5.56 Å². The van der Waals surface area contributed by atoms with Crippen LogP contribution in [0.25, 0.3) is 0 Å². The number of Topliss-reactive ketones (excluding diaryl/α,β-unsaturated/α-hetero) is 1. The third-order valence-electron chi connectivity index (χ3n) is 1.68. The standard InChI is InChI=1S/C9H3Cl3F4O2/c10-8(11,12)7(17)4-1-2-6(5(13)3-4)18-9(14,15)16/h1-3H. The van der Waals surface area contributed by atoms with Gasteiger partial charge in [-0.1, -0.05) is 34.8 Å². The van der Waals surface area contributed by atoms with Gasteiger partial charge in [-0.15, -0.1) is 13.2 Å². The summed E-state index contributed by atoms with van der Waals surface area (Å²) in [4.78, 5) is 11.4. The number of benzene rings is 1. The molecule has 1 aromatic rings. The van der Waals surface area contributed by atoms with Crippen molar-refractivity contribution in [3.63, 3.8) is 0 Å². The van der Waals surface area contributed by atoms with E-state index in [0.29, 0.717) is 12.1 Å². The Morgan fingerprint density at radius 3 is 2.11 bits per heavy atom. The minimum atomic E-state index is -5.04. The number of alkyl halides is 6. The van der Waals surface area contributed by atoms with Crippen LogP contribution >= 0.6 is 34.8 Å². The topological polar surface area (TPSA) is 26.3 Å². The van der Waals surface area contributed by atoms with E-state index in [1.807, 2.05) is 0 Å². The molecule has 1 aromatic carbocycles. The minimum absolute atomic E-state index is 0.387. The summed E-state index contributed by atoms with van der Waals surface area (Å²) >= 11 is 15.8. The molecule has 0 aliphatic carbocycles. The Kier molecular flexibility index (Phi) is 4.35. The molecular weight excluding hydrogens is 322 g/mol. The van der Waals surface area contributed by atoms with Gasteiger partial charge in [-0.2, -0.15) is 0 Å². The normalized spacial score (nSPS) is 12.4. The van der Waals surface area contributed by atoms with Crippen molar-refractivity contribution in [1.82, 2.24) is 0 Å². The quantitative estimate of drug-likeness (QED) is 0.461. The highest BCUT2D eigenvalue weighted by molar-refractivity contribution is 6.77. The van der Waals surface area contributed by atoms with E-state index in [1.54, 1.807) is 0 Å². The molecule has 0 amide bonds. The largest absolute Gasteiger partial charge is 0.573 e. The summed E-state index contributed by atoms with van der Waals surface area (Å²) in [6, 6.07) is 1.96. The second-order valence-corrected chi connectivity index (χ2v) is 5.30. The van der Waals surface area contributed by atoms with Crippen LogP contribution in [-0.2, 0) is 0 Å². The summed E-state index contributed by atoms with van der Waals surface area (Å²) in [5.41, 5.74) is -0.387. The van der Waals surface area contributed by atoms with E-state index in [9.17, 15) is 22.4 Å². The first-order chi connectivity index (χ1) is 8.00. The number of carbonyl (C=O) groups is 1. The fourth-order valence-electron chi connectivity index (χ4n) is 1.01. The van der Waals surface area contributed by atoms with Gasteiger partial charge in [0.25, 0.3) is 3.79 Å². The van der Waals surface area contributed by atoms with Crippen LogP contribution in [0.1, 0.15) is 10.4 Å². The van der Waals surface area contributed by atoms with Crippen LogP contribution in [0.3, 0.4) is 0 Å². The van der Waals surface area contributed by atoms with Crippen LogP contribution in [0.2, 0.25) is 0 Å². The first-order valence-corrected chi connectivity index (χ1v) is 5.31. The number of hydrogen-bond donors (Lipinski definition) is 0. The molecule has 0 radical (unpaired) electrons. The molecule has 0 atom stereocenters. The molecule has 0 N–H and O–H groups in total. The third-order valence-corrected chi connectivity index (χ3v) is 2.19. The first kappa shape index (κ1) is 15.3. The number of rotatable bonds is 2. The van der Waals surface area contributed by atoms with E-state index < -0.39 is 27.5 Å². The molecule has 1 rings (SSSR count). The Hall–Kier alpha value is -0.720. The zero-order valence-corrected chi connectivity index (χ0v) is 10.5. The smallest absolute Gasteiger partial charge is 0.403 e. The Morgan fingerprint density at radius 1 is 1.17 bits per heavy atom. The Labute approximate surface area is 113 Å². The van der Waals surface area contributed by atoms with Crippen LogP contribution in [0.5, 0.6) is 5.75 Å². The molecule has 0 saturated carbocycles. The van der Waals surface area contributed by atoms with E-state index in [2.05, 4.69) is 4.74 Å². The monoisotopic (exact) mass is 324 g/mol. The van der Waals surface area contributed by atoms with Crippen molar-refractivity contribution in [3.8, 4) is 5.75 Å². The molecule has 0 aliphatic heterocycles. The first-order valence-electron chi connectivity index (χ1n) is 4.17. The summed E-state index contributed by atoms with van der Waals surface area (Å²) in [7, 11) is 0. The molecule has 9 heteroatoms. The van der Waals surface area contributed by atoms with E-state index in [1.165, 1.54) is 0 Å². The SMILES string of the molecule is O=C(c1ccc(OC(F)(F)F)c(F)c1)C(Cl)(Cl)Cl. The Balaban J connectivity index is 3.04. The average molecular weight is 325 g/mol. The van der Waals surface area contributed by atoms with Gasteiger partial charge in [0.15, 0.2) is 11.6 Å². The maximum Gasteiger partial charge on any atom is 0.573 e. The summed E-state index contributed by atoms with van der Waals surface area (Å²) in [5, 5.41) is 0. The number of hydrogen-bond acceptors (Lipinski definition) is 2. The maximum absolute atomic E-state index is 13.2. The van der Waals surface area contributed by atoms with Gasteiger partial charge in [0.05, 0.1) is 0 Å². The average Bonchev–Trinajstić information content (AvgIpc) is 2.16. The second-order valence-electron chi connectivity index (χ2n) is 3.02. The molecule has 0 spiro atoms. The highest BCUT2D eigenvalue weighted by Gasteiger charge is 2.34. The van der Waals surface area contributed by atoms with Crippen LogP contribution < -0.4 is 4.74 Å². The molecule has 0 saturated heterocycles. The van der Waals surface area contributed by atoms with Crippen molar-refractivity contribution < 1.29 is 27.1 Å². The molecular formula is C9H3Cl3F4O2. The molecule has 18 heavy (non-hydrogen) atoms. The lowest BCUT2D eigenvalue weighted by Crippen LogP contribution is -2.20. The zero-order chi connectivity index (χ0) is 14.1. The van der Waals surface area contributed by atoms with Gasteiger partial charge < -0.3 is 4.74 Å². The third kappa shape index (κ3) is 4.19. The fraction of sp³-hybridized carbons (Fsp3) is 0.222. The maximum atomic E-state index is 13.2. The number of ether oxygens (including phenoxy) is 1. The van der Waals surface area contributed by atoms with Crippen LogP contribution in [0.15, 0.2) is 18.2 Å². The van der Waals surface area contributed by atoms with E-state index in [0.717, 1.165) is 6.07 Å². The molecule has 0 bridgehead atoms. The predicted octanol–water partition coefficient (Wildman–Crippen LogP) is 4.28. The summed E-state index contributed by atoms with van der Waals surface area (Å²) in [6.45, 7) is 0. The van der Waals surface area contributed by atoms with Crippen LogP contribution in [0.4, 0.5) is 17.6 Å². The van der Waals surface area contributed by atoms with Crippen molar-refractivity contribution >= 4 is 40.6 Å².